The van der Waals surface area contributed by atoms with E-state index in [2.05, 4.69) is 10.1 Å². The molecular weight excluding hydrogens is 241 g/mol. The molecule has 1 rings (SSSR count). The van der Waals surface area contributed by atoms with Gasteiger partial charge in [-0.2, -0.15) is 0 Å². The van der Waals surface area contributed by atoms with Crippen molar-refractivity contribution in [1.29, 1.82) is 0 Å². The van der Waals surface area contributed by atoms with Gasteiger partial charge in [-0.3, -0.25) is 9.59 Å². The van der Waals surface area contributed by atoms with Crippen LogP contribution in [0.1, 0.15) is 18.9 Å². The Labute approximate surface area is 104 Å². The van der Waals surface area contributed by atoms with Crippen molar-refractivity contribution in [3.8, 4) is 0 Å². The highest BCUT2D eigenvalue weighted by Crippen LogP contribution is 2.19. The molecule has 0 bridgehead atoms. The number of nitrogens with one attached hydrogen (secondary N) is 1. The van der Waals surface area contributed by atoms with E-state index in [1.807, 2.05) is 0 Å². The number of carbonyl (C=O) groups is 2. The van der Waals surface area contributed by atoms with Crippen molar-refractivity contribution >= 4 is 17.6 Å². The van der Waals surface area contributed by atoms with Gasteiger partial charge >= 0.3 is 5.97 Å². The minimum absolute atomic E-state index is 0.0188. The molecule has 0 aliphatic carbocycles. The third-order valence-corrected chi connectivity index (χ3v) is 2.16. The summed E-state index contributed by atoms with van der Waals surface area (Å²) in [6, 6.07) is 4.01. The summed E-state index contributed by atoms with van der Waals surface area (Å²) < 4.78 is 17.9. The largest absolute Gasteiger partial charge is 0.466 e. The molecule has 0 spiro atoms. The molecule has 0 fully saturated rings. The number of aliphatic hydroxyl groups excluding tert-OH is 1. The summed E-state index contributed by atoms with van der Waals surface area (Å²) in [5, 5.41) is 11.3. The van der Waals surface area contributed by atoms with E-state index in [9.17, 15) is 14.0 Å². The summed E-state index contributed by atoms with van der Waals surface area (Å²) in [6.07, 6.45) is -0.449. The lowest BCUT2D eigenvalue weighted by Gasteiger charge is -2.09. The van der Waals surface area contributed by atoms with Crippen LogP contribution in [0.4, 0.5) is 10.1 Å². The Morgan fingerprint density at radius 2 is 2.17 bits per heavy atom. The third kappa shape index (κ3) is 3.81. The molecule has 0 aromatic heterocycles. The number of benzene rings is 1. The fourth-order valence-corrected chi connectivity index (χ4v) is 1.37. The van der Waals surface area contributed by atoms with E-state index in [-0.39, 0.29) is 17.9 Å². The molecule has 0 saturated heterocycles. The average molecular weight is 255 g/mol. The molecule has 6 heteroatoms. The van der Waals surface area contributed by atoms with Gasteiger partial charge in [0, 0.05) is 11.3 Å². The minimum Gasteiger partial charge on any atom is -0.466 e. The van der Waals surface area contributed by atoms with Crippen LogP contribution in [0.2, 0.25) is 0 Å². The zero-order valence-corrected chi connectivity index (χ0v) is 9.90. The first-order chi connectivity index (χ1) is 8.58. The van der Waals surface area contributed by atoms with Crippen LogP contribution in [0, 0.1) is 5.82 Å². The van der Waals surface area contributed by atoms with Crippen LogP contribution in [-0.2, 0) is 20.9 Å². The van der Waals surface area contributed by atoms with Crippen LogP contribution in [0.25, 0.3) is 0 Å². The number of hydrogen-bond donors (Lipinski definition) is 2. The Morgan fingerprint density at radius 1 is 1.44 bits per heavy atom. The molecule has 5 nitrogen and oxygen atoms in total. The predicted molar refractivity (Wildman–Crippen MR) is 62.2 cm³/mol. The van der Waals surface area contributed by atoms with E-state index in [0.29, 0.717) is 0 Å². The summed E-state index contributed by atoms with van der Waals surface area (Å²) in [7, 11) is 0. The normalized spacial score (nSPS) is 9.94. The van der Waals surface area contributed by atoms with E-state index in [4.69, 9.17) is 5.11 Å². The molecule has 2 N–H and O–H groups in total. The Balaban J connectivity index is 2.70. The van der Waals surface area contributed by atoms with E-state index >= 15 is 0 Å². The van der Waals surface area contributed by atoms with Crippen molar-refractivity contribution in [2.45, 2.75) is 20.0 Å². The smallest absolute Gasteiger partial charge is 0.315 e. The summed E-state index contributed by atoms with van der Waals surface area (Å²) in [5.41, 5.74) is 0.126. The lowest BCUT2D eigenvalue weighted by Crippen LogP contribution is -2.19. The number of carbonyl (C=O) groups excluding carboxylic acids is 2. The van der Waals surface area contributed by atoms with Crippen LogP contribution >= 0.6 is 0 Å². The van der Waals surface area contributed by atoms with Gasteiger partial charge in [-0.25, -0.2) is 4.39 Å². The first-order valence-electron chi connectivity index (χ1n) is 5.42. The van der Waals surface area contributed by atoms with E-state index in [1.54, 1.807) is 6.92 Å². The van der Waals surface area contributed by atoms with E-state index in [0.717, 1.165) is 0 Å². The van der Waals surface area contributed by atoms with E-state index < -0.39 is 30.7 Å². The van der Waals surface area contributed by atoms with Crippen LogP contribution in [-0.4, -0.2) is 23.6 Å². The molecule has 98 valence electrons. The summed E-state index contributed by atoms with van der Waals surface area (Å²) in [4.78, 5) is 22.5. The van der Waals surface area contributed by atoms with Crippen LogP contribution < -0.4 is 5.32 Å². The van der Waals surface area contributed by atoms with Crippen molar-refractivity contribution in [2.75, 3.05) is 11.9 Å². The van der Waals surface area contributed by atoms with Gasteiger partial charge < -0.3 is 15.2 Å². The van der Waals surface area contributed by atoms with Gasteiger partial charge in [0.1, 0.15) is 12.2 Å². The first-order valence-corrected chi connectivity index (χ1v) is 5.42. The van der Waals surface area contributed by atoms with Gasteiger partial charge in [-0.15, -0.1) is 0 Å². The number of amides is 1. The van der Waals surface area contributed by atoms with E-state index in [1.165, 1.54) is 18.2 Å². The highest BCUT2D eigenvalue weighted by molar-refractivity contribution is 6.02. The van der Waals surface area contributed by atoms with Gasteiger partial charge in [0.25, 0.3) is 0 Å². The Morgan fingerprint density at radius 3 is 2.78 bits per heavy atom. The highest BCUT2D eigenvalue weighted by Gasteiger charge is 2.13. The second-order valence-corrected chi connectivity index (χ2v) is 3.45. The standard InChI is InChI=1S/C12H14FNO4/c1-2-18-12(17)6-11(16)14-10-5-3-4-9(13)8(10)7-15/h3-5,15H,2,6-7H2,1H3,(H,14,16). The maximum atomic E-state index is 13.3. The Bertz CT molecular complexity index is 448. The topological polar surface area (TPSA) is 75.6 Å². The highest BCUT2D eigenvalue weighted by atomic mass is 19.1. The van der Waals surface area contributed by atoms with Gasteiger partial charge in [-0.1, -0.05) is 6.07 Å². The molecule has 0 aliphatic heterocycles. The third-order valence-electron chi connectivity index (χ3n) is 2.16. The molecule has 0 radical (unpaired) electrons. The van der Waals surface area contributed by atoms with Gasteiger partial charge in [0.2, 0.25) is 5.91 Å². The Kier molecular flexibility index (Phi) is 5.26. The Hall–Kier alpha value is -1.95. The minimum atomic E-state index is -0.656. The predicted octanol–water partition coefficient (Wildman–Crippen LogP) is 1.21. The fourth-order valence-electron chi connectivity index (χ4n) is 1.37. The van der Waals surface area contributed by atoms with Gasteiger partial charge in [-0.05, 0) is 19.1 Å². The molecule has 1 amide bonds. The molecule has 0 atom stereocenters. The molecule has 0 saturated carbocycles. The molecular formula is C12H14FNO4. The fraction of sp³-hybridized carbons (Fsp3) is 0.333. The molecule has 1 aromatic carbocycles. The zero-order valence-electron chi connectivity index (χ0n) is 9.90. The van der Waals surface area contributed by atoms with Crippen LogP contribution in [0.5, 0.6) is 0 Å². The summed E-state index contributed by atoms with van der Waals surface area (Å²) >= 11 is 0. The van der Waals surface area contributed by atoms with Crippen molar-refractivity contribution < 1.29 is 23.8 Å². The average Bonchev–Trinajstić information content (AvgIpc) is 2.29. The van der Waals surface area contributed by atoms with Gasteiger partial charge in [0.15, 0.2) is 0 Å². The second kappa shape index (κ2) is 6.70. The van der Waals surface area contributed by atoms with Crippen molar-refractivity contribution in [2.24, 2.45) is 0 Å². The SMILES string of the molecule is CCOC(=O)CC(=O)Nc1cccc(F)c1CO. The monoisotopic (exact) mass is 255 g/mol. The number of esters is 1. The molecule has 0 aliphatic rings. The lowest BCUT2D eigenvalue weighted by molar-refractivity contribution is -0.145. The number of rotatable bonds is 5. The number of ether oxygens (including phenoxy) is 1. The van der Waals surface area contributed by atoms with Crippen LogP contribution in [0.15, 0.2) is 18.2 Å². The number of hydrogen-bond acceptors (Lipinski definition) is 4. The van der Waals surface area contributed by atoms with Crippen LogP contribution in [0.3, 0.4) is 0 Å². The maximum absolute atomic E-state index is 13.3. The number of aliphatic hydroxyl groups is 1. The first kappa shape index (κ1) is 14.1. The summed E-state index contributed by atoms with van der Waals surface area (Å²) in [5.74, 6) is -1.89. The molecule has 1 aromatic rings. The van der Waals surface area contributed by atoms with Crippen molar-refractivity contribution in [3.63, 3.8) is 0 Å². The molecule has 18 heavy (non-hydrogen) atoms. The number of anilines is 1. The second-order valence-electron chi connectivity index (χ2n) is 3.45. The lowest BCUT2D eigenvalue weighted by atomic mass is 10.1. The number of halogens is 1. The maximum Gasteiger partial charge on any atom is 0.315 e. The van der Waals surface area contributed by atoms with Crippen molar-refractivity contribution in [3.05, 3.63) is 29.6 Å². The van der Waals surface area contributed by atoms with Crippen molar-refractivity contribution in [1.82, 2.24) is 0 Å². The molecule has 0 unspecified atom stereocenters. The zero-order chi connectivity index (χ0) is 13.5. The quantitative estimate of drug-likeness (QED) is 0.612. The summed E-state index contributed by atoms with van der Waals surface area (Å²) in [6.45, 7) is 1.28. The van der Waals surface area contributed by atoms with Gasteiger partial charge in [0.05, 0.1) is 13.2 Å². The molecule has 0 heterocycles.